The number of carbonyl (C=O) groups is 12. The Morgan fingerprint density at radius 1 is 0.528 bits per heavy atom. The molecule has 0 aliphatic carbocycles. The number of aliphatic carboxylic acids is 2. The van der Waals surface area contributed by atoms with Crippen molar-refractivity contribution in [1.29, 1.82) is 0 Å². The average molecular weight is 1240 g/mol. The van der Waals surface area contributed by atoms with Crippen LogP contribution in [0.1, 0.15) is 76.5 Å². The van der Waals surface area contributed by atoms with E-state index in [1.165, 1.54) is 31.2 Å². The van der Waals surface area contributed by atoms with E-state index in [-0.39, 0.29) is 50.4 Å². The van der Waals surface area contributed by atoms with Crippen LogP contribution in [0.3, 0.4) is 0 Å². The highest BCUT2D eigenvalue weighted by Gasteiger charge is 2.36. The smallest absolute Gasteiger partial charge is 0.326 e. The van der Waals surface area contributed by atoms with Gasteiger partial charge in [-0.2, -0.15) is 0 Å². The zero-order valence-corrected chi connectivity index (χ0v) is 49.4. The molecular weight excluding hydrogens is 1160 g/mol. The third-order valence-electron chi connectivity index (χ3n) is 13.8. The summed E-state index contributed by atoms with van der Waals surface area (Å²) in [6.45, 7) is 4.66. The number of hydrogen-bond acceptors (Lipinski definition) is 16. The number of H-pyrrole nitrogens is 1. The van der Waals surface area contributed by atoms with E-state index in [9.17, 15) is 78.0 Å². The molecule has 0 bridgehead atoms. The van der Waals surface area contributed by atoms with E-state index in [1.807, 2.05) is 0 Å². The molecule has 89 heavy (non-hydrogen) atoms. The molecule has 0 aliphatic heterocycles. The molecule has 10 amide bonds. The Bertz CT molecular complexity index is 3170. The number of carboxylic acids is 2. The van der Waals surface area contributed by atoms with Crippen molar-refractivity contribution in [2.45, 2.75) is 139 Å². The second kappa shape index (κ2) is 34.8. The number of rotatable bonds is 36. The highest BCUT2D eigenvalue weighted by atomic mass is 16.4. The molecule has 1 aromatic heterocycles. The third-order valence-corrected chi connectivity index (χ3v) is 13.8. The van der Waals surface area contributed by atoms with Gasteiger partial charge in [-0.15, -0.1) is 0 Å². The number of aliphatic hydroxyl groups excluding tert-OH is 1. The number of phenols is 1. The molecule has 0 saturated heterocycles. The molecule has 22 N–H and O–H groups in total. The van der Waals surface area contributed by atoms with Gasteiger partial charge in [-0.1, -0.05) is 74.5 Å². The number of aromatic nitrogens is 1. The van der Waals surface area contributed by atoms with Crippen LogP contribution in [-0.2, 0) is 76.8 Å². The summed E-state index contributed by atoms with van der Waals surface area (Å²) in [7, 11) is 0. The Kier molecular flexibility index (Phi) is 27.9. The first-order chi connectivity index (χ1) is 42.1. The number of para-hydroxylation sites is 1. The van der Waals surface area contributed by atoms with E-state index in [0.717, 1.165) is 12.5 Å². The van der Waals surface area contributed by atoms with Crippen LogP contribution < -0.4 is 70.8 Å². The Hall–Kier alpha value is -10.2. The highest BCUT2D eigenvalue weighted by Crippen LogP contribution is 2.20. The van der Waals surface area contributed by atoms with Crippen LogP contribution >= 0.6 is 0 Å². The zero-order chi connectivity index (χ0) is 66.1. The van der Waals surface area contributed by atoms with E-state index in [4.69, 9.17) is 22.9 Å². The number of hydrogen-bond donors (Lipinski definition) is 18. The molecule has 0 unspecified atom stereocenters. The van der Waals surface area contributed by atoms with Gasteiger partial charge in [-0.25, -0.2) is 4.79 Å². The molecular formula is C58H79N15O16. The predicted molar refractivity (Wildman–Crippen MR) is 321 cm³/mol. The molecule has 1 heterocycles. The van der Waals surface area contributed by atoms with E-state index in [2.05, 4.69) is 57.8 Å². The number of nitrogens with zero attached hydrogens (tertiary/aromatic N) is 1. The molecule has 0 saturated carbocycles. The molecule has 4 rings (SSSR count). The van der Waals surface area contributed by atoms with Crippen molar-refractivity contribution in [3.63, 3.8) is 0 Å². The topological polar surface area (TPSA) is 526 Å². The van der Waals surface area contributed by atoms with Gasteiger partial charge in [0.2, 0.25) is 59.1 Å². The minimum Gasteiger partial charge on any atom is -0.508 e. The van der Waals surface area contributed by atoms with Crippen molar-refractivity contribution < 1.29 is 78.0 Å². The van der Waals surface area contributed by atoms with Crippen LogP contribution in [0.2, 0.25) is 0 Å². The van der Waals surface area contributed by atoms with Crippen LogP contribution in [0, 0.1) is 5.92 Å². The minimum absolute atomic E-state index is 0.00520. The van der Waals surface area contributed by atoms with Crippen molar-refractivity contribution in [2.75, 3.05) is 13.2 Å². The lowest BCUT2D eigenvalue weighted by Crippen LogP contribution is -2.61. The molecule has 31 nitrogen and oxygen atoms in total. The van der Waals surface area contributed by atoms with Crippen molar-refractivity contribution >= 4 is 87.9 Å². The Morgan fingerprint density at radius 3 is 1.62 bits per heavy atom. The van der Waals surface area contributed by atoms with Gasteiger partial charge >= 0.3 is 11.9 Å². The summed E-state index contributed by atoms with van der Waals surface area (Å²) >= 11 is 0. The van der Waals surface area contributed by atoms with E-state index < -0.39 is 163 Å². The number of aromatic hydroxyl groups is 1. The van der Waals surface area contributed by atoms with Gasteiger partial charge in [0.25, 0.3) is 0 Å². The molecule has 0 fully saturated rings. The van der Waals surface area contributed by atoms with Gasteiger partial charge in [0, 0.05) is 42.9 Å². The number of phenolic OH excluding ortho intramolecular Hbond substituents is 1. The summed E-state index contributed by atoms with van der Waals surface area (Å²) in [4.78, 5) is 167. The quantitative estimate of drug-likeness (QED) is 0.0118. The fourth-order valence-electron chi connectivity index (χ4n) is 8.89. The van der Waals surface area contributed by atoms with Crippen molar-refractivity contribution in [1.82, 2.24) is 52.8 Å². The summed E-state index contributed by atoms with van der Waals surface area (Å²) in [6, 6.07) is 6.19. The number of guanidine groups is 1. The number of aromatic amines is 1. The van der Waals surface area contributed by atoms with Gasteiger partial charge in [0.1, 0.15) is 60.1 Å². The first-order valence-corrected chi connectivity index (χ1v) is 28.3. The summed E-state index contributed by atoms with van der Waals surface area (Å²) in [6.07, 6.45) is -0.853. The number of carbonyl (C=O) groups excluding carboxylic acids is 10. The largest absolute Gasteiger partial charge is 0.508 e. The fraction of sp³-hybridized carbons (Fsp3) is 0.431. The normalized spacial score (nSPS) is 14.4. The molecule has 0 radical (unpaired) electrons. The molecule has 10 atom stereocenters. The summed E-state index contributed by atoms with van der Waals surface area (Å²) in [5.41, 5.74) is 24.4. The van der Waals surface area contributed by atoms with Gasteiger partial charge in [0.05, 0.1) is 19.1 Å². The van der Waals surface area contributed by atoms with E-state index in [1.54, 1.807) is 74.6 Å². The summed E-state index contributed by atoms with van der Waals surface area (Å²) < 4.78 is 0. The minimum atomic E-state index is -1.86. The van der Waals surface area contributed by atoms with Crippen LogP contribution in [0.5, 0.6) is 5.75 Å². The maximum atomic E-state index is 14.7. The number of nitrogens with two attached hydrogens (primary N) is 4. The number of carboxylic acid groups (broad SMARTS) is 2. The Labute approximate surface area is 511 Å². The third kappa shape index (κ3) is 23.6. The number of nitrogens with one attached hydrogen (secondary N) is 10. The van der Waals surface area contributed by atoms with Crippen LogP contribution in [0.15, 0.2) is 90.1 Å². The van der Waals surface area contributed by atoms with Gasteiger partial charge in [-0.3, -0.25) is 57.7 Å². The second-order valence-corrected chi connectivity index (χ2v) is 21.4. The van der Waals surface area contributed by atoms with Crippen molar-refractivity contribution in [2.24, 2.45) is 33.8 Å². The van der Waals surface area contributed by atoms with Gasteiger partial charge in [0.15, 0.2) is 5.96 Å². The van der Waals surface area contributed by atoms with E-state index >= 15 is 0 Å². The standard InChI is InChI=1S/C58H79N15O16/c1-29(2)47(73-55(86)44(28-74)72-50(81)37(59)23-32-11-6-5-7-12-32)56(87)71-41(24-33-16-18-35(75)19-17-33)53(84)70-42(25-34-27-64-38-14-9-8-13-36(34)38)52(83)66-30(3)48(79)67-39(20-21-45(60)76)51(82)65-31(4)49(80)69-43(26-46(77)78)54(85)68-40(57(88)89)15-10-22-63-58(61)62/h5-9,11-14,16-19,27,29-31,37,39-44,47,64,74-75H,10,15,20-26,28,59H2,1-4H3,(H2,60,76)(H,65,82)(H,66,83)(H,67,79)(H,68,85)(H,69,80)(H,70,84)(H,71,87)(H,72,81)(H,73,86)(H,77,78)(H,88,89)(H4,61,62,63)/t30-,31-,37-,39-,40-,41-,42-,43-,44-,47-/m0/s1. The average Bonchev–Trinajstić information content (AvgIpc) is 3.66. The van der Waals surface area contributed by atoms with E-state index in [0.29, 0.717) is 22.0 Å². The molecule has 482 valence electrons. The van der Waals surface area contributed by atoms with Crippen molar-refractivity contribution in [3.8, 4) is 5.75 Å². The number of primary amides is 1. The lowest BCUT2D eigenvalue weighted by molar-refractivity contribution is -0.144. The fourth-order valence-corrected chi connectivity index (χ4v) is 8.89. The summed E-state index contributed by atoms with van der Waals surface area (Å²) in [5.74, 6) is -14.0. The molecule has 3 aromatic carbocycles. The number of amides is 10. The maximum absolute atomic E-state index is 14.7. The van der Waals surface area contributed by atoms with Crippen LogP contribution in [-0.4, -0.2) is 176 Å². The number of aliphatic hydroxyl groups is 1. The highest BCUT2D eigenvalue weighted by molar-refractivity contribution is 5.99. The molecule has 0 spiro atoms. The Balaban J connectivity index is 1.55. The Morgan fingerprint density at radius 2 is 1.03 bits per heavy atom. The monoisotopic (exact) mass is 1240 g/mol. The SMILES string of the molecule is CC(C)[C@H](NC(=O)[C@H](CO)NC(=O)[C@@H](N)Cc1ccccc1)C(=O)N[C@@H](Cc1ccc(O)cc1)C(=O)N[C@@H](Cc1c[nH]c2ccccc12)C(=O)N[C@@H](C)C(=O)N[C@@H](CCC(N)=O)C(=O)N[C@@H](C)C(=O)N[C@@H](CC(=O)O)C(=O)N[C@@H](CCCN=C(N)N)C(=O)O. The van der Waals surface area contributed by atoms with Crippen LogP contribution in [0.25, 0.3) is 10.9 Å². The van der Waals surface area contributed by atoms with Gasteiger partial charge < -0.3 is 96.2 Å². The number of benzene rings is 3. The number of fused-ring (bicyclic) bond motifs is 1. The van der Waals surface area contributed by atoms with Crippen molar-refractivity contribution in [3.05, 3.63) is 102 Å². The first kappa shape index (κ1) is 71.3. The lowest BCUT2D eigenvalue weighted by Gasteiger charge is -2.28. The summed E-state index contributed by atoms with van der Waals surface area (Å²) in [5, 5.41) is 61.9. The lowest BCUT2D eigenvalue weighted by atomic mass is 9.99. The van der Waals surface area contributed by atoms with Crippen LogP contribution in [0.4, 0.5) is 0 Å². The first-order valence-electron chi connectivity index (χ1n) is 28.3. The molecule has 4 aromatic rings. The predicted octanol–water partition coefficient (Wildman–Crippen LogP) is -3.84. The zero-order valence-electron chi connectivity index (χ0n) is 49.4. The molecule has 0 aliphatic rings. The number of aliphatic imine (C=N–C) groups is 1. The second-order valence-electron chi connectivity index (χ2n) is 21.4. The molecule has 31 heteroatoms. The van der Waals surface area contributed by atoms with Gasteiger partial charge in [-0.05, 0) is 80.3 Å². The maximum Gasteiger partial charge on any atom is 0.326 e.